The molecule has 0 bridgehead atoms. The van der Waals surface area contributed by atoms with E-state index in [2.05, 4.69) is 0 Å². The molecule has 0 rings (SSSR count). The van der Waals surface area contributed by atoms with Gasteiger partial charge in [0, 0.05) is 0 Å². The summed E-state index contributed by atoms with van der Waals surface area (Å²) in [5, 5.41) is 0. The summed E-state index contributed by atoms with van der Waals surface area (Å²) in [6.07, 6.45) is 3.61. The second-order valence-electron chi connectivity index (χ2n) is 1.64. The molecule has 0 spiro atoms. The van der Waals surface area contributed by atoms with Gasteiger partial charge in [-0.3, -0.25) is 0 Å². The predicted molar refractivity (Wildman–Crippen MR) is 34.7 cm³/mol. The van der Waals surface area contributed by atoms with E-state index < -0.39 is 0 Å². The van der Waals surface area contributed by atoms with Gasteiger partial charge in [0.05, 0.1) is 5.82 Å². The first kappa shape index (κ1) is 7.30. The Labute approximate surface area is 49.5 Å². The number of allylic oxidation sites excluding steroid dienone is 1. The zero-order valence-corrected chi connectivity index (χ0v) is 4.93. The molecule has 0 atom stereocenters. The van der Waals surface area contributed by atoms with Crippen LogP contribution in [0.3, 0.4) is 0 Å². The quantitative estimate of drug-likeness (QED) is 0.433. The average molecular weight is 115 g/mol. The van der Waals surface area contributed by atoms with Crippen LogP contribution in [0.25, 0.3) is 0 Å². The third-order valence-corrected chi connectivity index (χ3v) is 0.788. The van der Waals surface area contributed by atoms with Crippen LogP contribution in [0.15, 0.2) is 11.9 Å². The Morgan fingerprint density at radius 3 is 2.38 bits per heavy atom. The molecular formula is C5H13N3. The molecule has 0 radical (unpaired) electrons. The standard InChI is InChI=1S/C5H13N3/c6-4-2-1-3-5(7)8/h3H,1-2,4,6-8H2. The maximum Gasteiger partial charge on any atom is 0.0892 e. The molecular weight excluding hydrogens is 102 g/mol. The van der Waals surface area contributed by atoms with Crippen LogP contribution in [-0.2, 0) is 0 Å². The van der Waals surface area contributed by atoms with Crippen molar-refractivity contribution in [3.8, 4) is 0 Å². The molecule has 0 heterocycles. The molecule has 0 fully saturated rings. The van der Waals surface area contributed by atoms with Crippen molar-refractivity contribution in [3.63, 3.8) is 0 Å². The van der Waals surface area contributed by atoms with Crippen LogP contribution < -0.4 is 17.2 Å². The van der Waals surface area contributed by atoms with Gasteiger partial charge < -0.3 is 17.2 Å². The molecule has 0 aromatic carbocycles. The Hall–Kier alpha value is -0.700. The van der Waals surface area contributed by atoms with Gasteiger partial charge in [-0.15, -0.1) is 0 Å². The van der Waals surface area contributed by atoms with Crippen molar-refractivity contribution in [2.24, 2.45) is 17.2 Å². The molecule has 0 aromatic rings. The van der Waals surface area contributed by atoms with Gasteiger partial charge in [-0.25, -0.2) is 0 Å². The lowest BCUT2D eigenvalue weighted by Crippen LogP contribution is -2.07. The van der Waals surface area contributed by atoms with Gasteiger partial charge in [0.2, 0.25) is 0 Å². The first-order valence-electron chi connectivity index (χ1n) is 2.68. The Morgan fingerprint density at radius 2 is 2.00 bits per heavy atom. The Kier molecular flexibility index (Phi) is 4.07. The van der Waals surface area contributed by atoms with Crippen molar-refractivity contribution in [3.05, 3.63) is 11.9 Å². The SMILES string of the molecule is NCCCC=C(N)N. The average Bonchev–Trinajstić information content (AvgIpc) is 1.66. The van der Waals surface area contributed by atoms with Crippen molar-refractivity contribution in [1.82, 2.24) is 0 Å². The smallest absolute Gasteiger partial charge is 0.0892 e. The molecule has 6 N–H and O–H groups in total. The maximum atomic E-state index is 5.20. The van der Waals surface area contributed by atoms with Crippen LogP contribution in [0.4, 0.5) is 0 Å². The van der Waals surface area contributed by atoms with Gasteiger partial charge in [-0.2, -0.15) is 0 Å². The van der Waals surface area contributed by atoms with E-state index >= 15 is 0 Å². The van der Waals surface area contributed by atoms with Crippen LogP contribution in [0.1, 0.15) is 12.8 Å². The molecule has 0 aromatic heterocycles. The Morgan fingerprint density at radius 1 is 1.38 bits per heavy atom. The van der Waals surface area contributed by atoms with Crippen molar-refractivity contribution >= 4 is 0 Å². The lowest BCUT2D eigenvalue weighted by molar-refractivity contribution is 0.847. The summed E-state index contributed by atoms with van der Waals surface area (Å²) in [5.74, 6) is 0.387. The van der Waals surface area contributed by atoms with Crippen LogP contribution in [-0.4, -0.2) is 6.54 Å². The molecule has 0 saturated carbocycles. The van der Waals surface area contributed by atoms with E-state index in [9.17, 15) is 0 Å². The van der Waals surface area contributed by atoms with E-state index in [-0.39, 0.29) is 0 Å². The largest absolute Gasteiger partial charge is 0.386 e. The molecule has 0 unspecified atom stereocenters. The highest BCUT2D eigenvalue weighted by molar-refractivity contribution is 4.89. The zero-order chi connectivity index (χ0) is 6.41. The van der Waals surface area contributed by atoms with Gasteiger partial charge >= 0.3 is 0 Å². The van der Waals surface area contributed by atoms with Crippen LogP contribution in [0.5, 0.6) is 0 Å². The molecule has 48 valence electrons. The minimum atomic E-state index is 0.387. The molecule has 0 aliphatic heterocycles. The summed E-state index contributed by atoms with van der Waals surface area (Å²) < 4.78 is 0. The Balaban J connectivity index is 3.03. The number of nitrogens with two attached hydrogens (primary N) is 3. The maximum absolute atomic E-state index is 5.20. The minimum absolute atomic E-state index is 0.387. The lowest BCUT2D eigenvalue weighted by Gasteiger charge is -1.89. The number of hydrogen-bond donors (Lipinski definition) is 3. The van der Waals surface area contributed by atoms with Crippen molar-refractivity contribution in [2.75, 3.05) is 6.54 Å². The van der Waals surface area contributed by atoms with E-state index in [4.69, 9.17) is 17.2 Å². The number of hydrogen-bond acceptors (Lipinski definition) is 3. The van der Waals surface area contributed by atoms with E-state index in [0.29, 0.717) is 12.4 Å². The van der Waals surface area contributed by atoms with E-state index in [0.717, 1.165) is 12.8 Å². The Bertz CT molecular complexity index is 73.7. The second-order valence-corrected chi connectivity index (χ2v) is 1.64. The summed E-state index contributed by atoms with van der Waals surface area (Å²) in [5.41, 5.74) is 15.5. The molecule has 3 nitrogen and oxygen atoms in total. The second kappa shape index (κ2) is 4.46. The summed E-state index contributed by atoms with van der Waals surface area (Å²) in [7, 11) is 0. The third kappa shape index (κ3) is 5.30. The first-order chi connectivity index (χ1) is 3.77. The van der Waals surface area contributed by atoms with Gasteiger partial charge in [-0.05, 0) is 25.5 Å². The molecule has 0 aliphatic carbocycles. The van der Waals surface area contributed by atoms with E-state index in [1.165, 1.54) is 0 Å². The van der Waals surface area contributed by atoms with E-state index in [1.807, 2.05) is 0 Å². The molecule has 3 heteroatoms. The minimum Gasteiger partial charge on any atom is -0.386 e. The predicted octanol–water partition coefficient (Wildman–Crippen LogP) is -0.516. The van der Waals surface area contributed by atoms with Crippen LogP contribution >= 0.6 is 0 Å². The van der Waals surface area contributed by atoms with Crippen molar-refractivity contribution < 1.29 is 0 Å². The van der Waals surface area contributed by atoms with Crippen LogP contribution in [0, 0.1) is 0 Å². The molecule has 0 saturated heterocycles. The highest BCUT2D eigenvalue weighted by Gasteiger charge is 1.78. The zero-order valence-electron chi connectivity index (χ0n) is 4.93. The van der Waals surface area contributed by atoms with E-state index in [1.54, 1.807) is 6.08 Å². The molecule has 0 amide bonds. The highest BCUT2D eigenvalue weighted by Crippen LogP contribution is 1.86. The van der Waals surface area contributed by atoms with Gasteiger partial charge in [0.1, 0.15) is 0 Å². The van der Waals surface area contributed by atoms with Gasteiger partial charge in [-0.1, -0.05) is 0 Å². The van der Waals surface area contributed by atoms with Crippen molar-refractivity contribution in [2.45, 2.75) is 12.8 Å². The first-order valence-corrected chi connectivity index (χ1v) is 2.68. The third-order valence-electron chi connectivity index (χ3n) is 0.788. The fraction of sp³-hybridized carbons (Fsp3) is 0.600. The fourth-order valence-corrected chi connectivity index (χ4v) is 0.387. The van der Waals surface area contributed by atoms with Crippen LogP contribution in [0.2, 0.25) is 0 Å². The van der Waals surface area contributed by atoms with Gasteiger partial charge in [0.25, 0.3) is 0 Å². The lowest BCUT2D eigenvalue weighted by atomic mass is 10.3. The molecule has 0 aliphatic rings. The summed E-state index contributed by atoms with van der Waals surface area (Å²) >= 11 is 0. The number of rotatable bonds is 3. The fourth-order valence-electron chi connectivity index (χ4n) is 0.387. The summed E-state index contributed by atoms with van der Waals surface area (Å²) in [4.78, 5) is 0. The number of unbranched alkanes of at least 4 members (excludes halogenated alkanes) is 1. The summed E-state index contributed by atoms with van der Waals surface area (Å²) in [6.45, 7) is 0.698. The normalized spacial score (nSPS) is 8.62. The summed E-state index contributed by atoms with van der Waals surface area (Å²) in [6, 6.07) is 0. The molecule has 8 heavy (non-hydrogen) atoms. The topological polar surface area (TPSA) is 78.1 Å². The monoisotopic (exact) mass is 115 g/mol. The van der Waals surface area contributed by atoms with Crippen molar-refractivity contribution in [1.29, 1.82) is 0 Å². The van der Waals surface area contributed by atoms with Gasteiger partial charge in [0.15, 0.2) is 0 Å². The highest BCUT2D eigenvalue weighted by atomic mass is 14.8.